The van der Waals surface area contributed by atoms with Gasteiger partial charge in [-0.2, -0.15) is 0 Å². The molecule has 0 saturated carbocycles. The molecule has 0 unspecified atom stereocenters. The zero-order valence-corrected chi connectivity index (χ0v) is 19.8. The van der Waals surface area contributed by atoms with E-state index in [0.717, 1.165) is 22.9 Å². The Balaban J connectivity index is 1.56. The van der Waals surface area contributed by atoms with Crippen molar-refractivity contribution in [3.8, 4) is 5.75 Å². The van der Waals surface area contributed by atoms with Crippen LogP contribution >= 0.6 is 0 Å². The lowest BCUT2D eigenvalue weighted by molar-refractivity contribution is -0.135. The molecule has 0 bridgehead atoms. The minimum atomic E-state index is -0.686. The fourth-order valence-corrected chi connectivity index (χ4v) is 4.36. The van der Waals surface area contributed by atoms with Gasteiger partial charge < -0.3 is 14.5 Å². The van der Waals surface area contributed by atoms with E-state index in [-0.39, 0.29) is 24.6 Å². The third kappa shape index (κ3) is 5.67. The van der Waals surface area contributed by atoms with E-state index in [1.54, 1.807) is 12.0 Å². The number of halogens is 2. The number of methoxy groups -OCH3 is 1. The molecule has 182 valence electrons. The first-order valence-corrected chi connectivity index (χ1v) is 11.6. The number of benzene rings is 3. The lowest BCUT2D eigenvalue weighted by Gasteiger charge is -2.29. The van der Waals surface area contributed by atoms with Gasteiger partial charge in [-0.3, -0.25) is 4.79 Å². The van der Waals surface area contributed by atoms with Crippen LogP contribution in [0.3, 0.4) is 0 Å². The lowest BCUT2D eigenvalue weighted by Crippen LogP contribution is -2.40. The summed E-state index contributed by atoms with van der Waals surface area (Å²) < 4.78 is 33.4. The maximum atomic E-state index is 14.5. The van der Waals surface area contributed by atoms with Crippen molar-refractivity contribution in [2.75, 3.05) is 13.7 Å². The second-order valence-electron chi connectivity index (χ2n) is 8.50. The van der Waals surface area contributed by atoms with Crippen molar-refractivity contribution in [2.24, 2.45) is 5.16 Å². The summed E-state index contributed by atoms with van der Waals surface area (Å²) >= 11 is 0. The van der Waals surface area contributed by atoms with E-state index in [1.165, 1.54) is 12.1 Å². The monoisotopic (exact) mass is 478 g/mol. The first-order valence-electron chi connectivity index (χ1n) is 11.6. The number of ether oxygens (including phenoxy) is 1. The molecule has 2 atom stereocenters. The summed E-state index contributed by atoms with van der Waals surface area (Å²) in [7, 11) is 1.60. The van der Waals surface area contributed by atoms with E-state index >= 15 is 0 Å². The van der Waals surface area contributed by atoms with E-state index < -0.39 is 23.7 Å². The maximum absolute atomic E-state index is 14.5. The van der Waals surface area contributed by atoms with Crippen LogP contribution in [-0.4, -0.2) is 36.3 Å². The normalized spacial score (nSPS) is 15.8. The van der Waals surface area contributed by atoms with E-state index in [1.807, 2.05) is 61.5 Å². The smallest absolute Gasteiger partial charge is 0.230 e. The molecule has 0 saturated heterocycles. The molecular weight excluding hydrogens is 450 g/mol. The molecule has 5 nitrogen and oxygen atoms in total. The summed E-state index contributed by atoms with van der Waals surface area (Å²) in [4.78, 5) is 21.0. The lowest BCUT2D eigenvalue weighted by atomic mass is 9.94. The van der Waals surface area contributed by atoms with E-state index in [9.17, 15) is 13.6 Å². The molecule has 3 aromatic carbocycles. The number of hydrogen-bond donors (Lipinski definition) is 0. The van der Waals surface area contributed by atoms with Crippen molar-refractivity contribution >= 4 is 11.6 Å². The van der Waals surface area contributed by atoms with Crippen molar-refractivity contribution < 1.29 is 23.1 Å². The highest BCUT2D eigenvalue weighted by molar-refractivity contribution is 6.03. The second-order valence-corrected chi connectivity index (χ2v) is 8.50. The van der Waals surface area contributed by atoms with Crippen LogP contribution in [0, 0.1) is 11.6 Å². The zero-order chi connectivity index (χ0) is 24.8. The molecule has 1 heterocycles. The Morgan fingerprint density at radius 3 is 2.57 bits per heavy atom. The molecule has 1 amide bonds. The van der Waals surface area contributed by atoms with Gasteiger partial charge in [-0.1, -0.05) is 60.6 Å². The number of amides is 1. The van der Waals surface area contributed by atoms with Crippen LogP contribution in [0.15, 0.2) is 78.0 Å². The molecule has 0 aliphatic carbocycles. The molecule has 0 fully saturated rings. The molecule has 1 aliphatic rings. The highest BCUT2D eigenvalue weighted by atomic mass is 19.1. The zero-order valence-electron chi connectivity index (χ0n) is 19.8. The summed E-state index contributed by atoms with van der Waals surface area (Å²) in [6.45, 7) is 2.15. The summed E-state index contributed by atoms with van der Waals surface area (Å²) in [6.07, 6.45) is 0.647. The van der Waals surface area contributed by atoms with Crippen LogP contribution in [0.2, 0.25) is 0 Å². The third-order valence-electron chi connectivity index (χ3n) is 6.17. The molecule has 4 rings (SSSR count). The van der Waals surface area contributed by atoms with Crippen molar-refractivity contribution in [1.29, 1.82) is 0 Å². The number of carbonyl (C=O) groups is 1. The van der Waals surface area contributed by atoms with Crippen molar-refractivity contribution in [2.45, 2.75) is 38.3 Å². The Labute approximate surface area is 204 Å². The third-order valence-corrected chi connectivity index (χ3v) is 6.17. The molecule has 0 spiro atoms. The Kier molecular flexibility index (Phi) is 7.75. The highest BCUT2D eigenvalue weighted by Gasteiger charge is 2.31. The number of carbonyl (C=O) groups excluding carboxylic acids is 1. The van der Waals surface area contributed by atoms with Crippen LogP contribution in [0.25, 0.3) is 0 Å². The van der Waals surface area contributed by atoms with Gasteiger partial charge in [0.2, 0.25) is 5.91 Å². The quantitative estimate of drug-likeness (QED) is 0.397. The molecule has 0 N–H and O–H groups in total. The molecule has 1 aliphatic heterocycles. The molecular formula is C28H28F2N2O3. The summed E-state index contributed by atoms with van der Waals surface area (Å²) in [5.41, 5.74) is 2.69. The number of oxime groups is 1. The standard InChI is InChI=1S/C28H28F2N2O3/c1-3-23(19-9-5-4-6-10-19)28(33)32(17-20-13-14-21(29)15-25(20)30)18-22-16-26(31-35-22)24-11-7-8-12-27(24)34-2/h4-15,22-23H,3,16-18H2,1-2H3/t22-,23+/m1/s1. The van der Waals surface area contributed by atoms with Gasteiger partial charge in [-0.25, -0.2) is 8.78 Å². The number of para-hydroxylation sites is 1. The average Bonchev–Trinajstić information content (AvgIpc) is 3.34. The van der Waals surface area contributed by atoms with Gasteiger partial charge in [0.05, 0.1) is 25.3 Å². The predicted octanol–water partition coefficient (Wildman–Crippen LogP) is 5.69. The Bertz CT molecular complexity index is 1200. The van der Waals surface area contributed by atoms with Crippen LogP contribution in [0.5, 0.6) is 5.75 Å². The van der Waals surface area contributed by atoms with E-state index in [2.05, 4.69) is 5.16 Å². The van der Waals surface area contributed by atoms with Crippen LogP contribution < -0.4 is 4.74 Å². The maximum Gasteiger partial charge on any atom is 0.230 e. The van der Waals surface area contributed by atoms with Crippen molar-refractivity contribution in [3.63, 3.8) is 0 Å². The van der Waals surface area contributed by atoms with Gasteiger partial charge in [-0.05, 0) is 30.2 Å². The molecule has 3 aromatic rings. The Morgan fingerprint density at radius 2 is 1.86 bits per heavy atom. The van der Waals surface area contributed by atoms with Gasteiger partial charge in [-0.15, -0.1) is 0 Å². The van der Waals surface area contributed by atoms with Gasteiger partial charge in [0.25, 0.3) is 0 Å². The summed E-state index contributed by atoms with van der Waals surface area (Å²) in [6, 6.07) is 20.4. The number of nitrogens with zero attached hydrogens (tertiary/aromatic N) is 2. The van der Waals surface area contributed by atoms with Crippen LogP contribution in [-0.2, 0) is 16.2 Å². The average molecular weight is 479 g/mol. The topological polar surface area (TPSA) is 51.1 Å². The summed E-state index contributed by atoms with van der Waals surface area (Å²) in [5, 5.41) is 4.24. The number of rotatable bonds is 9. The van der Waals surface area contributed by atoms with Crippen LogP contribution in [0.1, 0.15) is 42.4 Å². The van der Waals surface area contributed by atoms with E-state index in [4.69, 9.17) is 9.57 Å². The Morgan fingerprint density at radius 1 is 1.11 bits per heavy atom. The van der Waals surface area contributed by atoms with Gasteiger partial charge in [0.15, 0.2) is 6.10 Å². The fourth-order valence-electron chi connectivity index (χ4n) is 4.36. The first kappa shape index (κ1) is 24.4. The minimum Gasteiger partial charge on any atom is -0.496 e. The minimum absolute atomic E-state index is 0.00185. The largest absolute Gasteiger partial charge is 0.496 e. The second kappa shape index (κ2) is 11.1. The predicted molar refractivity (Wildman–Crippen MR) is 130 cm³/mol. The Hall–Kier alpha value is -3.74. The molecule has 0 radical (unpaired) electrons. The summed E-state index contributed by atoms with van der Waals surface area (Å²) in [5.74, 6) is -1.19. The van der Waals surface area contributed by atoms with E-state index in [0.29, 0.717) is 18.6 Å². The van der Waals surface area contributed by atoms with Crippen molar-refractivity contribution in [1.82, 2.24) is 4.90 Å². The SMILES string of the molecule is CC[C@H](C(=O)N(Cc1ccc(F)cc1F)C[C@H]1CC(c2ccccc2OC)=NO1)c1ccccc1. The van der Waals surface area contributed by atoms with Crippen molar-refractivity contribution in [3.05, 3.63) is 101 Å². The molecule has 35 heavy (non-hydrogen) atoms. The molecule has 0 aromatic heterocycles. The van der Waals surface area contributed by atoms with Gasteiger partial charge in [0.1, 0.15) is 17.4 Å². The fraction of sp³-hybridized carbons (Fsp3) is 0.286. The molecule has 7 heteroatoms. The van der Waals surface area contributed by atoms with Gasteiger partial charge in [0, 0.05) is 30.2 Å². The number of hydrogen-bond acceptors (Lipinski definition) is 4. The highest BCUT2D eigenvalue weighted by Crippen LogP contribution is 2.28. The van der Waals surface area contributed by atoms with Crippen LogP contribution in [0.4, 0.5) is 8.78 Å². The van der Waals surface area contributed by atoms with Gasteiger partial charge >= 0.3 is 0 Å². The first-order chi connectivity index (χ1) is 17.0.